The number of aryl methyl sites for hydroxylation is 1. The van der Waals surface area contributed by atoms with Gasteiger partial charge in [-0.3, -0.25) is 0 Å². The molecule has 0 radical (unpaired) electrons. The number of nitrogens with one attached hydrogen (secondary N) is 1. The number of rotatable bonds is 6. The average molecular weight is 262 g/mol. The van der Waals surface area contributed by atoms with Crippen molar-refractivity contribution in [2.75, 3.05) is 18.5 Å². The van der Waals surface area contributed by atoms with Gasteiger partial charge in [0.05, 0.1) is 0 Å². The van der Waals surface area contributed by atoms with Crippen molar-refractivity contribution < 1.29 is 0 Å². The molecule has 1 atom stereocenters. The third-order valence-corrected chi connectivity index (χ3v) is 3.64. The van der Waals surface area contributed by atoms with Gasteiger partial charge >= 0.3 is 0 Å². The minimum atomic E-state index is 0.181. The van der Waals surface area contributed by atoms with E-state index in [1.165, 1.54) is 11.3 Å². The number of nitrogens with zero attached hydrogens (tertiary/aromatic N) is 1. The molecule has 0 amide bonds. The van der Waals surface area contributed by atoms with E-state index >= 15 is 0 Å². The van der Waals surface area contributed by atoms with Crippen molar-refractivity contribution in [2.24, 2.45) is 0 Å². The van der Waals surface area contributed by atoms with E-state index in [2.05, 4.69) is 76.1 Å². The lowest BCUT2D eigenvalue weighted by atomic mass is 10.1. The molecule has 0 saturated carbocycles. The van der Waals surface area contributed by atoms with E-state index in [1.807, 2.05) is 0 Å². The Morgan fingerprint density at radius 3 is 2.11 bits per heavy atom. The molecule has 0 aromatic heterocycles. The maximum Gasteiger partial charge on any atom is 0.0408 e. The van der Waals surface area contributed by atoms with E-state index in [-0.39, 0.29) is 5.54 Å². The number of hydrogen-bond donors (Lipinski definition) is 1. The van der Waals surface area contributed by atoms with Crippen molar-refractivity contribution in [2.45, 2.75) is 59.0 Å². The van der Waals surface area contributed by atoms with Crippen LogP contribution >= 0.6 is 0 Å². The first-order valence-electron chi connectivity index (χ1n) is 7.44. The zero-order chi connectivity index (χ0) is 14.5. The van der Waals surface area contributed by atoms with Gasteiger partial charge in [-0.05, 0) is 51.3 Å². The molecule has 1 aromatic rings. The standard InChI is InChI=1S/C17H30N2/c1-7-14-9-11-16(12-10-14)19(6)15(8-2)13-18-17(3,4)5/h9-12,15,18H,7-8,13H2,1-6H3. The summed E-state index contributed by atoms with van der Waals surface area (Å²) < 4.78 is 0. The van der Waals surface area contributed by atoms with Gasteiger partial charge in [0.15, 0.2) is 0 Å². The van der Waals surface area contributed by atoms with E-state index in [0.29, 0.717) is 6.04 Å². The van der Waals surface area contributed by atoms with Crippen LogP contribution in [-0.4, -0.2) is 25.2 Å². The van der Waals surface area contributed by atoms with E-state index in [1.54, 1.807) is 0 Å². The molecular formula is C17H30N2. The highest BCUT2D eigenvalue weighted by Crippen LogP contribution is 2.18. The Hall–Kier alpha value is -1.02. The van der Waals surface area contributed by atoms with Gasteiger partial charge in [0, 0.05) is 30.9 Å². The Kier molecular flexibility index (Phi) is 5.86. The van der Waals surface area contributed by atoms with Crippen LogP contribution in [0.4, 0.5) is 5.69 Å². The number of benzene rings is 1. The third-order valence-electron chi connectivity index (χ3n) is 3.64. The highest BCUT2D eigenvalue weighted by molar-refractivity contribution is 5.48. The Morgan fingerprint density at radius 1 is 1.11 bits per heavy atom. The lowest BCUT2D eigenvalue weighted by Crippen LogP contribution is -2.46. The molecule has 2 heteroatoms. The second-order valence-electron chi connectivity index (χ2n) is 6.32. The van der Waals surface area contributed by atoms with Crippen LogP contribution in [0.5, 0.6) is 0 Å². The number of hydrogen-bond acceptors (Lipinski definition) is 2. The van der Waals surface area contributed by atoms with E-state index < -0.39 is 0 Å². The molecule has 0 bridgehead atoms. The van der Waals surface area contributed by atoms with Crippen LogP contribution in [-0.2, 0) is 6.42 Å². The summed E-state index contributed by atoms with van der Waals surface area (Å²) in [6, 6.07) is 9.47. The molecule has 0 aliphatic heterocycles. The van der Waals surface area contributed by atoms with Gasteiger partial charge in [0.25, 0.3) is 0 Å². The molecule has 1 aromatic carbocycles. The summed E-state index contributed by atoms with van der Waals surface area (Å²) in [6.45, 7) is 12.1. The fourth-order valence-corrected chi connectivity index (χ4v) is 2.16. The van der Waals surface area contributed by atoms with Gasteiger partial charge in [-0.1, -0.05) is 26.0 Å². The Labute approximate surface area is 119 Å². The van der Waals surface area contributed by atoms with Gasteiger partial charge in [0.2, 0.25) is 0 Å². The molecule has 0 spiro atoms. The van der Waals surface area contributed by atoms with Crippen LogP contribution in [0.15, 0.2) is 24.3 Å². The van der Waals surface area contributed by atoms with Crippen molar-refractivity contribution in [3.63, 3.8) is 0 Å². The molecule has 0 fully saturated rings. The summed E-state index contributed by atoms with van der Waals surface area (Å²) in [4.78, 5) is 2.39. The van der Waals surface area contributed by atoms with E-state index in [9.17, 15) is 0 Å². The topological polar surface area (TPSA) is 15.3 Å². The largest absolute Gasteiger partial charge is 0.370 e. The lowest BCUT2D eigenvalue weighted by Gasteiger charge is -2.32. The molecule has 2 nitrogen and oxygen atoms in total. The predicted molar refractivity (Wildman–Crippen MR) is 86.1 cm³/mol. The molecular weight excluding hydrogens is 232 g/mol. The summed E-state index contributed by atoms with van der Waals surface area (Å²) in [5.41, 5.74) is 2.89. The molecule has 0 saturated heterocycles. The summed E-state index contributed by atoms with van der Waals surface area (Å²) in [6.07, 6.45) is 2.25. The summed E-state index contributed by atoms with van der Waals surface area (Å²) >= 11 is 0. The van der Waals surface area contributed by atoms with Gasteiger partial charge < -0.3 is 10.2 Å². The maximum absolute atomic E-state index is 3.60. The van der Waals surface area contributed by atoms with Crippen molar-refractivity contribution >= 4 is 5.69 Å². The van der Waals surface area contributed by atoms with Crippen molar-refractivity contribution in [3.05, 3.63) is 29.8 Å². The highest BCUT2D eigenvalue weighted by atomic mass is 15.2. The van der Waals surface area contributed by atoms with Gasteiger partial charge in [-0.15, -0.1) is 0 Å². The molecule has 1 unspecified atom stereocenters. The normalized spacial score (nSPS) is 13.4. The zero-order valence-electron chi connectivity index (χ0n) is 13.5. The van der Waals surface area contributed by atoms with E-state index in [4.69, 9.17) is 0 Å². The lowest BCUT2D eigenvalue weighted by molar-refractivity contribution is 0.397. The van der Waals surface area contributed by atoms with Gasteiger partial charge in [-0.25, -0.2) is 0 Å². The fourth-order valence-electron chi connectivity index (χ4n) is 2.16. The Bertz CT molecular complexity index is 362. The Balaban J connectivity index is 2.68. The maximum atomic E-state index is 3.60. The second-order valence-corrected chi connectivity index (χ2v) is 6.32. The molecule has 108 valence electrons. The van der Waals surface area contributed by atoms with E-state index in [0.717, 1.165) is 19.4 Å². The second kappa shape index (κ2) is 6.95. The SMILES string of the molecule is CCc1ccc(N(C)C(CC)CNC(C)(C)C)cc1. The summed E-state index contributed by atoms with van der Waals surface area (Å²) in [5, 5.41) is 3.60. The third kappa shape index (κ3) is 5.23. The average Bonchev–Trinajstić information content (AvgIpc) is 2.38. The molecule has 1 rings (SSSR count). The molecule has 0 heterocycles. The first-order chi connectivity index (χ1) is 8.87. The molecule has 1 N–H and O–H groups in total. The highest BCUT2D eigenvalue weighted by Gasteiger charge is 2.16. The van der Waals surface area contributed by atoms with Crippen LogP contribution < -0.4 is 10.2 Å². The molecule has 0 aliphatic rings. The van der Waals surface area contributed by atoms with Crippen LogP contribution in [0.3, 0.4) is 0 Å². The van der Waals surface area contributed by atoms with Crippen LogP contribution in [0.25, 0.3) is 0 Å². The minimum Gasteiger partial charge on any atom is -0.370 e. The monoisotopic (exact) mass is 262 g/mol. The number of likely N-dealkylation sites (N-methyl/N-ethyl adjacent to an activating group) is 1. The van der Waals surface area contributed by atoms with Crippen LogP contribution in [0.2, 0.25) is 0 Å². The van der Waals surface area contributed by atoms with Gasteiger partial charge in [0.1, 0.15) is 0 Å². The van der Waals surface area contributed by atoms with Crippen LogP contribution in [0.1, 0.15) is 46.6 Å². The van der Waals surface area contributed by atoms with Gasteiger partial charge in [-0.2, -0.15) is 0 Å². The summed E-state index contributed by atoms with van der Waals surface area (Å²) in [5.74, 6) is 0. The fraction of sp³-hybridized carbons (Fsp3) is 0.647. The molecule has 19 heavy (non-hydrogen) atoms. The van der Waals surface area contributed by atoms with Crippen molar-refractivity contribution in [1.82, 2.24) is 5.32 Å². The number of anilines is 1. The quantitative estimate of drug-likeness (QED) is 0.837. The first-order valence-corrected chi connectivity index (χ1v) is 7.44. The smallest absolute Gasteiger partial charge is 0.0408 e. The first kappa shape index (κ1) is 16.0. The van der Waals surface area contributed by atoms with Crippen molar-refractivity contribution in [3.8, 4) is 0 Å². The zero-order valence-corrected chi connectivity index (χ0v) is 13.5. The van der Waals surface area contributed by atoms with Crippen LogP contribution in [0, 0.1) is 0 Å². The Morgan fingerprint density at radius 2 is 1.68 bits per heavy atom. The minimum absolute atomic E-state index is 0.181. The summed E-state index contributed by atoms with van der Waals surface area (Å²) in [7, 11) is 2.19. The predicted octanol–water partition coefficient (Wildman–Crippen LogP) is 3.85. The van der Waals surface area contributed by atoms with Crippen molar-refractivity contribution in [1.29, 1.82) is 0 Å². The molecule has 0 aliphatic carbocycles.